The first-order valence-electron chi connectivity index (χ1n) is 4.92. The maximum absolute atomic E-state index is 11.6. The van der Waals surface area contributed by atoms with Crippen LogP contribution in [0.4, 0.5) is 0 Å². The van der Waals surface area contributed by atoms with E-state index in [9.17, 15) is 9.59 Å². The molecule has 80 valence electrons. The highest BCUT2D eigenvalue weighted by Gasteiger charge is 2.24. The van der Waals surface area contributed by atoms with Crippen LogP contribution in [0.5, 0.6) is 0 Å². The molecular weight excluding hydrogens is 182 g/mol. The minimum atomic E-state index is -0.408. The van der Waals surface area contributed by atoms with Gasteiger partial charge in [0.15, 0.2) is 0 Å². The topological polar surface area (TPSA) is 52.7 Å². The first-order valence-corrected chi connectivity index (χ1v) is 4.92. The molecule has 1 aliphatic heterocycles. The van der Waals surface area contributed by atoms with Crippen molar-refractivity contribution in [3.05, 3.63) is 0 Å². The molecule has 0 bridgehead atoms. The van der Waals surface area contributed by atoms with Crippen LogP contribution < -0.4 is 5.32 Å². The molecule has 0 unspecified atom stereocenters. The quantitative estimate of drug-likeness (QED) is 0.545. The Labute approximate surface area is 84.0 Å². The number of likely N-dealkylation sites (N-methyl/N-ethyl adjacent to an activating group) is 1. The number of carbonyl (C=O) groups excluding carboxylic acids is 2. The number of hydrogen-bond acceptors (Lipinski definition) is 3. The van der Waals surface area contributed by atoms with Crippen LogP contribution in [0.15, 0.2) is 0 Å². The molecule has 0 aromatic rings. The highest BCUT2D eigenvalue weighted by atomic mass is 16.2. The number of hydrogen-bond donors (Lipinski definition) is 1. The predicted molar refractivity (Wildman–Crippen MR) is 52.8 cm³/mol. The summed E-state index contributed by atoms with van der Waals surface area (Å²) in [6, 6.07) is 0. The molecule has 0 aromatic heterocycles. The summed E-state index contributed by atoms with van der Waals surface area (Å²) in [5, 5.41) is 3.13. The van der Waals surface area contributed by atoms with E-state index in [1.54, 1.807) is 11.9 Å². The molecule has 1 aliphatic rings. The van der Waals surface area contributed by atoms with Crippen molar-refractivity contribution < 1.29 is 9.59 Å². The fourth-order valence-electron chi connectivity index (χ4n) is 1.31. The number of piperazine rings is 1. The van der Waals surface area contributed by atoms with Gasteiger partial charge in [-0.15, -0.1) is 0 Å². The second kappa shape index (κ2) is 4.95. The maximum atomic E-state index is 11.6. The summed E-state index contributed by atoms with van der Waals surface area (Å²) in [5.41, 5.74) is 0. The van der Waals surface area contributed by atoms with E-state index in [2.05, 4.69) is 5.32 Å². The van der Waals surface area contributed by atoms with Crippen molar-refractivity contribution in [2.45, 2.75) is 6.92 Å². The van der Waals surface area contributed by atoms with Crippen molar-refractivity contribution in [2.24, 2.45) is 0 Å². The lowest BCUT2D eigenvalue weighted by molar-refractivity contribution is -0.151. The first-order chi connectivity index (χ1) is 6.66. The van der Waals surface area contributed by atoms with Gasteiger partial charge >= 0.3 is 11.8 Å². The normalized spacial score (nSPS) is 16.6. The molecule has 14 heavy (non-hydrogen) atoms. The smallest absolute Gasteiger partial charge is 0.312 e. The summed E-state index contributed by atoms with van der Waals surface area (Å²) < 4.78 is 0. The molecule has 0 aliphatic carbocycles. The van der Waals surface area contributed by atoms with Gasteiger partial charge in [0, 0.05) is 39.8 Å². The van der Waals surface area contributed by atoms with Crippen molar-refractivity contribution in [1.29, 1.82) is 0 Å². The lowest BCUT2D eigenvalue weighted by atomic mass is 10.3. The van der Waals surface area contributed by atoms with Gasteiger partial charge in [0.05, 0.1) is 0 Å². The minimum absolute atomic E-state index is 0.379. The predicted octanol–water partition coefficient (Wildman–Crippen LogP) is -1.10. The SMILES string of the molecule is CCN(C)C(=O)C(=O)N1CCNCC1. The number of rotatable bonds is 1. The Hall–Kier alpha value is -1.10. The average molecular weight is 199 g/mol. The van der Waals surface area contributed by atoms with Crippen LogP contribution >= 0.6 is 0 Å². The second-order valence-corrected chi connectivity index (χ2v) is 3.36. The molecule has 1 saturated heterocycles. The fourth-order valence-corrected chi connectivity index (χ4v) is 1.31. The van der Waals surface area contributed by atoms with E-state index in [4.69, 9.17) is 0 Å². The number of amides is 2. The van der Waals surface area contributed by atoms with Crippen LogP contribution in [-0.2, 0) is 9.59 Å². The van der Waals surface area contributed by atoms with Crippen LogP contribution in [0.3, 0.4) is 0 Å². The van der Waals surface area contributed by atoms with Gasteiger partial charge in [-0.1, -0.05) is 0 Å². The molecule has 0 atom stereocenters. The summed E-state index contributed by atoms with van der Waals surface area (Å²) in [4.78, 5) is 26.1. The van der Waals surface area contributed by atoms with E-state index in [1.165, 1.54) is 4.90 Å². The zero-order chi connectivity index (χ0) is 10.6. The molecule has 0 spiro atoms. The largest absolute Gasteiger partial charge is 0.338 e. The zero-order valence-electron chi connectivity index (χ0n) is 8.75. The molecule has 1 fully saturated rings. The zero-order valence-corrected chi connectivity index (χ0v) is 8.75. The highest BCUT2D eigenvalue weighted by molar-refractivity contribution is 6.34. The van der Waals surface area contributed by atoms with E-state index in [-0.39, 0.29) is 5.91 Å². The summed E-state index contributed by atoms with van der Waals surface area (Å²) >= 11 is 0. The molecule has 5 nitrogen and oxygen atoms in total. The molecule has 2 amide bonds. The van der Waals surface area contributed by atoms with Gasteiger partial charge in [0.1, 0.15) is 0 Å². The lowest BCUT2D eigenvalue weighted by Crippen LogP contribution is -2.51. The van der Waals surface area contributed by atoms with Crippen LogP contribution in [0.25, 0.3) is 0 Å². The van der Waals surface area contributed by atoms with E-state index < -0.39 is 5.91 Å². The Morgan fingerprint density at radius 1 is 1.36 bits per heavy atom. The van der Waals surface area contributed by atoms with Gasteiger partial charge in [-0.25, -0.2) is 0 Å². The number of nitrogens with one attached hydrogen (secondary N) is 1. The summed E-state index contributed by atoms with van der Waals surface area (Å²) in [5.74, 6) is -0.787. The van der Waals surface area contributed by atoms with Crippen LogP contribution in [0.2, 0.25) is 0 Å². The maximum Gasteiger partial charge on any atom is 0.312 e. The van der Waals surface area contributed by atoms with Crippen molar-refractivity contribution in [3.8, 4) is 0 Å². The molecule has 0 saturated carbocycles. The van der Waals surface area contributed by atoms with Gasteiger partial charge in [0.2, 0.25) is 0 Å². The van der Waals surface area contributed by atoms with Gasteiger partial charge in [-0.05, 0) is 6.92 Å². The van der Waals surface area contributed by atoms with E-state index in [0.29, 0.717) is 19.6 Å². The fraction of sp³-hybridized carbons (Fsp3) is 0.778. The molecule has 1 N–H and O–H groups in total. The molecule has 5 heteroatoms. The number of carbonyl (C=O) groups is 2. The third kappa shape index (κ3) is 2.45. The van der Waals surface area contributed by atoms with Crippen LogP contribution in [0.1, 0.15) is 6.92 Å². The van der Waals surface area contributed by atoms with Gasteiger partial charge in [0.25, 0.3) is 0 Å². The van der Waals surface area contributed by atoms with E-state index >= 15 is 0 Å². The molecular formula is C9H17N3O2. The van der Waals surface area contributed by atoms with Crippen LogP contribution in [0, 0.1) is 0 Å². The molecule has 0 aromatic carbocycles. The Balaban J connectivity index is 2.50. The van der Waals surface area contributed by atoms with Crippen LogP contribution in [-0.4, -0.2) is 61.4 Å². The minimum Gasteiger partial charge on any atom is -0.338 e. The highest BCUT2D eigenvalue weighted by Crippen LogP contribution is 1.96. The van der Waals surface area contributed by atoms with Crippen molar-refractivity contribution in [2.75, 3.05) is 39.8 Å². The Kier molecular flexibility index (Phi) is 3.88. The Morgan fingerprint density at radius 2 is 1.93 bits per heavy atom. The van der Waals surface area contributed by atoms with Crippen molar-refractivity contribution in [1.82, 2.24) is 15.1 Å². The summed E-state index contributed by atoms with van der Waals surface area (Å²) in [6.45, 7) is 5.22. The Morgan fingerprint density at radius 3 is 2.43 bits per heavy atom. The van der Waals surface area contributed by atoms with Crippen molar-refractivity contribution in [3.63, 3.8) is 0 Å². The molecule has 1 rings (SSSR count). The average Bonchev–Trinajstić information content (AvgIpc) is 2.27. The molecule has 1 heterocycles. The van der Waals surface area contributed by atoms with E-state index in [0.717, 1.165) is 13.1 Å². The standard InChI is InChI=1S/C9H17N3O2/c1-3-11(2)8(13)9(14)12-6-4-10-5-7-12/h10H,3-7H2,1-2H3. The third-order valence-electron chi connectivity index (χ3n) is 2.41. The first kappa shape index (κ1) is 11.0. The lowest BCUT2D eigenvalue weighted by Gasteiger charge is -2.28. The molecule has 0 radical (unpaired) electrons. The van der Waals surface area contributed by atoms with Gasteiger partial charge < -0.3 is 15.1 Å². The summed E-state index contributed by atoms with van der Waals surface area (Å²) in [7, 11) is 1.64. The third-order valence-corrected chi connectivity index (χ3v) is 2.41. The van der Waals surface area contributed by atoms with Gasteiger partial charge in [-0.2, -0.15) is 0 Å². The summed E-state index contributed by atoms with van der Waals surface area (Å²) in [6.07, 6.45) is 0. The van der Waals surface area contributed by atoms with Crippen molar-refractivity contribution >= 4 is 11.8 Å². The second-order valence-electron chi connectivity index (χ2n) is 3.36. The number of nitrogens with zero attached hydrogens (tertiary/aromatic N) is 2. The van der Waals surface area contributed by atoms with E-state index in [1.807, 2.05) is 6.92 Å². The monoisotopic (exact) mass is 199 g/mol. The Bertz CT molecular complexity index is 224. The van der Waals surface area contributed by atoms with Gasteiger partial charge in [-0.3, -0.25) is 9.59 Å².